The third-order valence-electron chi connectivity index (χ3n) is 5.62. The van der Waals surface area contributed by atoms with E-state index in [1.165, 1.54) is 25.3 Å². The zero-order chi connectivity index (χ0) is 24.0. The average molecular weight is 476 g/mol. The molecule has 0 spiro atoms. The number of nitro groups is 1. The van der Waals surface area contributed by atoms with Crippen LogP contribution in [-0.4, -0.2) is 41.4 Å². The summed E-state index contributed by atoms with van der Waals surface area (Å²) in [7, 11) is 1.48. The third-order valence-corrected chi connectivity index (χ3v) is 5.93. The van der Waals surface area contributed by atoms with Crippen LogP contribution in [0.4, 0.5) is 5.69 Å². The van der Waals surface area contributed by atoms with E-state index in [-0.39, 0.29) is 34.8 Å². The number of non-ortho nitro benzene ring substituents is 1. The molecule has 176 valence electrons. The van der Waals surface area contributed by atoms with Crippen molar-refractivity contribution in [2.45, 2.75) is 44.7 Å². The van der Waals surface area contributed by atoms with Gasteiger partial charge in [-0.15, -0.1) is 0 Å². The number of hydrogen-bond acceptors (Lipinski definition) is 6. The summed E-state index contributed by atoms with van der Waals surface area (Å²) in [5.74, 6) is -0.0998. The van der Waals surface area contributed by atoms with Crippen LogP contribution in [0, 0.1) is 10.1 Å². The van der Waals surface area contributed by atoms with Crippen LogP contribution in [0.25, 0.3) is 0 Å². The molecule has 0 saturated heterocycles. The Labute approximate surface area is 196 Å². The second-order valence-corrected chi connectivity index (χ2v) is 8.29. The number of methoxy groups -OCH3 is 1. The highest BCUT2D eigenvalue weighted by atomic mass is 35.5. The van der Waals surface area contributed by atoms with Crippen molar-refractivity contribution in [1.82, 2.24) is 4.90 Å². The lowest BCUT2D eigenvalue weighted by atomic mass is 9.93. The van der Waals surface area contributed by atoms with Crippen molar-refractivity contribution in [3.8, 4) is 11.5 Å². The van der Waals surface area contributed by atoms with E-state index in [1.54, 1.807) is 23.1 Å². The molecule has 3 rings (SSSR count). The van der Waals surface area contributed by atoms with Gasteiger partial charge in [-0.25, -0.2) is 0 Å². The molecule has 2 amide bonds. The van der Waals surface area contributed by atoms with Crippen molar-refractivity contribution >= 4 is 29.1 Å². The number of amides is 2. The fourth-order valence-corrected chi connectivity index (χ4v) is 4.24. The Bertz CT molecular complexity index is 1040. The van der Waals surface area contributed by atoms with E-state index in [0.717, 1.165) is 37.7 Å². The van der Waals surface area contributed by atoms with Gasteiger partial charge in [-0.05, 0) is 36.6 Å². The highest BCUT2D eigenvalue weighted by molar-refractivity contribution is 6.34. The molecule has 2 aromatic rings. The summed E-state index contributed by atoms with van der Waals surface area (Å²) in [6.07, 6.45) is 4.90. The van der Waals surface area contributed by atoms with Gasteiger partial charge >= 0.3 is 0 Å². The Hall–Kier alpha value is -3.33. The topological polar surface area (TPSA) is 125 Å². The van der Waals surface area contributed by atoms with Crippen LogP contribution in [0.3, 0.4) is 0 Å². The van der Waals surface area contributed by atoms with Crippen LogP contribution in [0.5, 0.6) is 11.5 Å². The summed E-state index contributed by atoms with van der Waals surface area (Å²) in [6, 6.07) is 9.11. The highest BCUT2D eigenvalue weighted by Gasteiger charge is 2.28. The molecule has 2 N–H and O–H groups in total. The molecule has 0 aromatic heterocycles. The Morgan fingerprint density at radius 3 is 2.48 bits per heavy atom. The van der Waals surface area contributed by atoms with Gasteiger partial charge in [-0.2, -0.15) is 0 Å². The summed E-state index contributed by atoms with van der Waals surface area (Å²) >= 11 is 6.26. The average Bonchev–Trinajstić information content (AvgIpc) is 2.81. The Kier molecular flexibility index (Phi) is 8.11. The van der Waals surface area contributed by atoms with Crippen molar-refractivity contribution < 1.29 is 24.0 Å². The first-order valence-corrected chi connectivity index (χ1v) is 11.0. The zero-order valence-electron chi connectivity index (χ0n) is 18.3. The van der Waals surface area contributed by atoms with Crippen molar-refractivity contribution in [2.75, 3.05) is 13.7 Å². The van der Waals surface area contributed by atoms with Crippen molar-refractivity contribution in [1.29, 1.82) is 0 Å². The summed E-state index contributed by atoms with van der Waals surface area (Å²) in [4.78, 5) is 36.8. The van der Waals surface area contributed by atoms with Crippen LogP contribution in [0.15, 0.2) is 36.4 Å². The highest BCUT2D eigenvalue weighted by Crippen LogP contribution is 2.32. The van der Waals surface area contributed by atoms with Crippen LogP contribution in [0.1, 0.15) is 48.0 Å². The van der Waals surface area contributed by atoms with Gasteiger partial charge in [0.2, 0.25) is 0 Å². The first kappa shape index (κ1) is 24.3. The van der Waals surface area contributed by atoms with Crippen LogP contribution < -0.4 is 15.2 Å². The number of primary amides is 1. The molecule has 0 radical (unpaired) electrons. The number of hydrogen-bond donors (Lipinski definition) is 1. The molecule has 1 saturated carbocycles. The Morgan fingerprint density at radius 2 is 1.88 bits per heavy atom. The smallest absolute Gasteiger partial charge is 0.270 e. The maximum absolute atomic E-state index is 13.5. The van der Waals surface area contributed by atoms with Gasteiger partial charge in [0, 0.05) is 24.7 Å². The standard InChI is InChI=1S/C23H26ClN3O6/c1-32-21-11-15(7-10-20(21)33-14-22(25)28)13-26(16-5-3-2-4-6-16)23(29)18-9-8-17(27(30)31)12-19(18)24/h7-12,16H,2-6,13-14H2,1H3,(H2,25,28). The first-order valence-electron chi connectivity index (χ1n) is 10.6. The number of benzene rings is 2. The lowest BCUT2D eigenvalue weighted by molar-refractivity contribution is -0.384. The molecule has 10 heteroatoms. The molecule has 0 aliphatic heterocycles. The number of ether oxygens (including phenoxy) is 2. The number of nitro benzene ring substituents is 1. The molecule has 2 aromatic carbocycles. The summed E-state index contributed by atoms with van der Waals surface area (Å²) in [5, 5.41) is 11.1. The fraction of sp³-hybridized carbons (Fsp3) is 0.391. The second-order valence-electron chi connectivity index (χ2n) is 7.89. The van der Waals surface area contributed by atoms with E-state index < -0.39 is 10.8 Å². The SMILES string of the molecule is COc1cc(CN(C(=O)c2ccc([N+](=O)[O-])cc2Cl)C2CCCCC2)ccc1OCC(N)=O. The normalized spacial score (nSPS) is 13.9. The molecule has 0 atom stereocenters. The lowest BCUT2D eigenvalue weighted by Crippen LogP contribution is -2.41. The number of nitrogens with two attached hydrogens (primary N) is 1. The predicted octanol–water partition coefficient (Wildman–Crippen LogP) is 4.10. The molecule has 1 aliphatic rings. The van der Waals surface area contributed by atoms with Gasteiger partial charge in [-0.3, -0.25) is 19.7 Å². The summed E-state index contributed by atoms with van der Waals surface area (Å²) in [5.41, 5.74) is 5.99. The van der Waals surface area contributed by atoms with E-state index >= 15 is 0 Å². The molecule has 0 bridgehead atoms. The van der Waals surface area contributed by atoms with Crippen LogP contribution in [0.2, 0.25) is 5.02 Å². The molecule has 1 aliphatic carbocycles. The second kappa shape index (κ2) is 11.0. The van der Waals surface area contributed by atoms with Crippen LogP contribution >= 0.6 is 11.6 Å². The van der Waals surface area contributed by atoms with Gasteiger partial charge in [-0.1, -0.05) is 36.9 Å². The Morgan fingerprint density at radius 1 is 1.15 bits per heavy atom. The molecule has 0 unspecified atom stereocenters. The van der Waals surface area contributed by atoms with E-state index in [1.807, 2.05) is 0 Å². The van der Waals surface area contributed by atoms with Gasteiger partial charge in [0.1, 0.15) is 0 Å². The van der Waals surface area contributed by atoms with E-state index in [2.05, 4.69) is 0 Å². The maximum atomic E-state index is 13.5. The number of rotatable bonds is 9. The number of halogens is 1. The zero-order valence-corrected chi connectivity index (χ0v) is 19.0. The molecule has 1 fully saturated rings. The number of nitrogens with zero attached hydrogens (tertiary/aromatic N) is 2. The molecular formula is C23H26ClN3O6. The monoisotopic (exact) mass is 475 g/mol. The minimum Gasteiger partial charge on any atom is -0.493 e. The molecule has 0 heterocycles. The first-order chi connectivity index (χ1) is 15.8. The van der Waals surface area contributed by atoms with Crippen LogP contribution in [-0.2, 0) is 11.3 Å². The fourth-order valence-electron chi connectivity index (χ4n) is 3.98. The van der Waals surface area contributed by atoms with Crippen molar-refractivity contribution in [3.05, 3.63) is 62.7 Å². The van der Waals surface area contributed by atoms with E-state index in [0.29, 0.717) is 18.0 Å². The van der Waals surface area contributed by atoms with E-state index in [9.17, 15) is 19.7 Å². The van der Waals surface area contributed by atoms with Crippen molar-refractivity contribution in [2.24, 2.45) is 5.73 Å². The predicted molar refractivity (Wildman–Crippen MR) is 123 cm³/mol. The molecule has 33 heavy (non-hydrogen) atoms. The van der Waals surface area contributed by atoms with Crippen molar-refractivity contribution in [3.63, 3.8) is 0 Å². The number of carbonyl (C=O) groups is 2. The minimum atomic E-state index is -0.602. The largest absolute Gasteiger partial charge is 0.493 e. The minimum absolute atomic E-state index is 0.0225. The van der Waals surface area contributed by atoms with Gasteiger partial charge in [0.05, 0.1) is 22.6 Å². The van der Waals surface area contributed by atoms with E-state index in [4.69, 9.17) is 26.8 Å². The summed E-state index contributed by atoms with van der Waals surface area (Å²) in [6.45, 7) is 0.0182. The summed E-state index contributed by atoms with van der Waals surface area (Å²) < 4.78 is 10.8. The molecular weight excluding hydrogens is 450 g/mol. The van der Waals surface area contributed by atoms with Gasteiger partial charge < -0.3 is 20.1 Å². The molecule has 9 nitrogen and oxygen atoms in total. The van der Waals surface area contributed by atoms with Gasteiger partial charge in [0.25, 0.3) is 17.5 Å². The quantitative estimate of drug-likeness (QED) is 0.430. The third kappa shape index (κ3) is 6.13. The maximum Gasteiger partial charge on any atom is 0.270 e. The lowest BCUT2D eigenvalue weighted by Gasteiger charge is -2.35. The Balaban J connectivity index is 1.89. The van der Waals surface area contributed by atoms with Gasteiger partial charge in [0.15, 0.2) is 18.1 Å². The number of carbonyl (C=O) groups excluding carboxylic acids is 2.